The fourth-order valence-corrected chi connectivity index (χ4v) is 3.18. The summed E-state index contributed by atoms with van der Waals surface area (Å²) < 4.78 is 10.5. The summed E-state index contributed by atoms with van der Waals surface area (Å²) in [6.07, 6.45) is 2.48. The van der Waals surface area contributed by atoms with Crippen LogP contribution in [0.3, 0.4) is 0 Å². The quantitative estimate of drug-likeness (QED) is 0.740. The number of nitrogens with one attached hydrogen (secondary N) is 1. The summed E-state index contributed by atoms with van der Waals surface area (Å²) in [5.41, 5.74) is 6.67. The molecule has 0 radical (unpaired) electrons. The topological polar surface area (TPSA) is 93.9 Å². The van der Waals surface area contributed by atoms with E-state index in [-0.39, 0.29) is 42.6 Å². The van der Waals surface area contributed by atoms with E-state index >= 15 is 0 Å². The number of anilines is 1. The van der Waals surface area contributed by atoms with E-state index in [1.807, 2.05) is 0 Å². The molecule has 26 heavy (non-hydrogen) atoms. The number of hydrogen-bond donors (Lipinski definition) is 2. The highest BCUT2D eigenvalue weighted by Gasteiger charge is 2.37. The van der Waals surface area contributed by atoms with Crippen molar-refractivity contribution in [2.75, 3.05) is 32.2 Å². The van der Waals surface area contributed by atoms with E-state index in [0.717, 1.165) is 12.8 Å². The third-order valence-electron chi connectivity index (χ3n) is 4.91. The number of carbonyl (C=O) groups is 2. The van der Waals surface area contributed by atoms with E-state index < -0.39 is 0 Å². The van der Waals surface area contributed by atoms with Crippen LogP contribution in [0.1, 0.15) is 19.3 Å². The molecular weight excluding hydrogens is 358 g/mol. The SMILES string of the molecule is COc1ccc(N2CC(C(=O)NCC(N)C3CC3)CC2=O)c(OC)c1.Cl. The van der Waals surface area contributed by atoms with Gasteiger partial charge in [-0.25, -0.2) is 0 Å². The van der Waals surface area contributed by atoms with Crippen molar-refractivity contribution in [3.05, 3.63) is 18.2 Å². The molecule has 1 aromatic rings. The first-order valence-electron chi connectivity index (χ1n) is 8.59. The highest BCUT2D eigenvalue weighted by Crippen LogP contribution is 2.36. The maximum absolute atomic E-state index is 12.4. The molecule has 2 unspecified atom stereocenters. The molecule has 1 saturated carbocycles. The molecular formula is C18H26ClN3O4. The molecule has 2 aliphatic rings. The Morgan fingerprint density at radius 1 is 1.35 bits per heavy atom. The molecule has 1 saturated heterocycles. The van der Waals surface area contributed by atoms with Gasteiger partial charge in [-0.2, -0.15) is 0 Å². The molecule has 1 aromatic carbocycles. The molecule has 8 heteroatoms. The molecule has 2 amide bonds. The number of ether oxygens (including phenoxy) is 2. The second-order valence-corrected chi connectivity index (χ2v) is 6.69. The summed E-state index contributed by atoms with van der Waals surface area (Å²) in [5.74, 6) is 1.16. The van der Waals surface area contributed by atoms with Crippen molar-refractivity contribution in [2.24, 2.45) is 17.6 Å². The van der Waals surface area contributed by atoms with Crippen molar-refractivity contribution in [1.29, 1.82) is 0 Å². The molecule has 2 fully saturated rings. The Balaban J connectivity index is 0.00000243. The van der Waals surface area contributed by atoms with Crippen LogP contribution >= 0.6 is 12.4 Å². The first kappa shape index (κ1) is 20.3. The number of nitrogens with two attached hydrogens (primary N) is 1. The van der Waals surface area contributed by atoms with Crippen LogP contribution in [0.15, 0.2) is 18.2 Å². The average Bonchev–Trinajstić information content (AvgIpc) is 3.41. The largest absolute Gasteiger partial charge is 0.497 e. The van der Waals surface area contributed by atoms with Gasteiger partial charge in [-0.15, -0.1) is 12.4 Å². The molecule has 3 N–H and O–H groups in total. The monoisotopic (exact) mass is 383 g/mol. The summed E-state index contributed by atoms with van der Waals surface area (Å²) in [6.45, 7) is 0.812. The number of hydrogen-bond acceptors (Lipinski definition) is 5. The van der Waals surface area contributed by atoms with E-state index in [0.29, 0.717) is 36.2 Å². The van der Waals surface area contributed by atoms with Crippen LogP contribution in [0.5, 0.6) is 11.5 Å². The maximum Gasteiger partial charge on any atom is 0.227 e. The number of benzene rings is 1. The Morgan fingerprint density at radius 2 is 2.08 bits per heavy atom. The second-order valence-electron chi connectivity index (χ2n) is 6.69. The number of nitrogens with zero attached hydrogens (tertiary/aromatic N) is 1. The van der Waals surface area contributed by atoms with Gasteiger partial charge in [0, 0.05) is 31.6 Å². The lowest BCUT2D eigenvalue weighted by Gasteiger charge is -2.20. The van der Waals surface area contributed by atoms with Gasteiger partial charge >= 0.3 is 0 Å². The first-order chi connectivity index (χ1) is 12.0. The number of rotatable bonds is 7. The van der Waals surface area contributed by atoms with Crippen LogP contribution < -0.4 is 25.4 Å². The van der Waals surface area contributed by atoms with E-state index in [1.165, 1.54) is 0 Å². The molecule has 0 bridgehead atoms. The minimum Gasteiger partial charge on any atom is -0.497 e. The summed E-state index contributed by atoms with van der Waals surface area (Å²) >= 11 is 0. The first-order valence-corrected chi connectivity index (χ1v) is 8.59. The lowest BCUT2D eigenvalue weighted by Crippen LogP contribution is -2.41. The predicted molar refractivity (Wildman–Crippen MR) is 101 cm³/mol. The van der Waals surface area contributed by atoms with Gasteiger partial charge in [-0.3, -0.25) is 9.59 Å². The van der Waals surface area contributed by atoms with Gasteiger partial charge in [0.2, 0.25) is 11.8 Å². The number of amides is 2. The average molecular weight is 384 g/mol. The Morgan fingerprint density at radius 3 is 2.69 bits per heavy atom. The van der Waals surface area contributed by atoms with Gasteiger partial charge in [-0.05, 0) is 30.9 Å². The Kier molecular flexibility index (Phi) is 6.72. The third-order valence-corrected chi connectivity index (χ3v) is 4.91. The molecule has 1 aliphatic carbocycles. The van der Waals surface area contributed by atoms with Gasteiger partial charge in [0.1, 0.15) is 11.5 Å². The van der Waals surface area contributed by atoms with Gasteiger partial charge in [0.25, 0.3) is 0 Å². The summed E-state index contributed by atoms with van der Waals surface area (Å²) in [7, 11) is 3.12. The Hall–Kier alpha value is -1.99. The summed E-state index contributed by atoms with van der Waals surface area (Å²) in [6, 6.07) is 5.29. The van der Waals surface area contributed by atoms with Crippen molar-refractivity contribution in [3.8, 4) is 11.5 Å². The number of carbonyl (C=O) groups excluding carboxylic acids is 2. The molecule has 7 nitrogen and oxygen atoms in total. The van der Waals surface area contributed by atoms with E-state index in [4.69, 9.17) is 15.2 Å². The lowest BCUT2D eigenvalue weighted by atomic mass is 10.1. The van der Waals surface area contributed by atoms with E-state index in [2.05, 4.69) is 5.32 Å². The zero-order valence-corrected chi connectivity index (χ0v) is 15.9. The summed E-state index contributed by atoms with van der Waals surface area (Å²) in [4.78, 5) is 26.4. The lowest BCUT2D eigenvalue weighted by molar-refractivity contribution is -0.126. The van der Waals surface area contributed by atoms with Crippen molar-refractivity contribution in [1.82, 2.24) is 5.32 Å². The van der Waals surface area contributed by atoms with E-state index in [1.54, 1.807) is 37.3 Å². The van der Waals surface area contributed by atoms with Crippen molar-refractivity contribution in [2.45, 2.75) is 25.3 Å². The van der Waals surface area contributed by atoms with Gasteiger partial charge < -0.3 is 25.4 Å². The summed E-state index contributed by atoms with van der Waals surface area (Å²) in [5, 5.41) is 2.89. The Bertz CT molecular complexity index is 666. The molecule has 0 spiro atoms. The number of halogens is 1. The van der Waals surface area contributed by atoms with Gasteiger partial charge in [0.05, 0.1) is 25.8 Å². The molecule has 144 valence electrons. The normalized spacial score (nSPS) is 20.3. The standard InChI is InChI=1S/C18H25N3O4.ClH/c1-24-13-5-6-15(16(8-13)25-2)21-10-12(7-17(21)22)18(23)20-9-14(19)11-3-4-11;/h5-6,8,11-12,14H,3-4,7,9-10,19H2,1-2H3,(H,20,23);1H. The maximum atomic E-state index is 12.4. The number of methoxy groups -OCH3 is 2. The van der Waals surface area contributed by atoms with Crippen LogP contribution in [0.2, 0.25) is 0 Å². The van der Waals surface area contributed by atoms with Crippen molar-refractivity contribution in [3.63, 3.8) is 0 Å². The second kappa shape index (κ2) is 8.60. The van der Waals surface area contributed by atoms with Crippen molar-refractivity contribution >= 4 is 29.9 Å². The molecule has 1 aliphatic heterocycles. The highest BCUT2D eigenvalue weighted by molar-refractivity contribution is 6.01. The third kappa shape index (κ3) is 4.40. The zero-order valence-electron chi connectivity index (χ0n) is 15.1. The van der Waals surface area contributed by atoms with Crippen molar-refractivity contribution < 1.29 is 19.1 Å². The fourth-order valence-electron chi connectivity index (χ4n) is 3.18. The highest BCUT2D eigenvalue weighted by atomic mass is 35.5. The molecule has 1 heterocycles. The Labute approximate surface area is 159 Å². The van der Waals surface area contributed by atoms with Crippen LogP contribution in [-0.2, 0) is 9.59 Å². The van der Waals surface area contributed by atoms with Gasteiger partial charge in [-0.1, -0.05) is 0 Å². The van der Waals surface area contributed by atoms with E-state index in [9.17, 15) is 9.59 Å². The predicted octanol–water partition coefficient (Wildman–Crippen LogP) is 1.33. The van der Waals surface area contributed by atoms with Gasteiger partial charge in [0.15, 0.2) is 0 Å². The fraction of sp³-hybridized carbons (Fsp3) is 0.556. The minimum atomic E-state index is -0.370. The molecule has 3 rings (SSSR count). The zero-order chi connectivity index (χ0) is 18.0. The van der Waals surface area contributed by atoms with Crippen LogP contribution in [-0.4, -0.2) is 45.2 Å². The van der Waals surface area contributed by atoms with Crippen LogP contribution in [0.25, 0.3) is 0 Å². The minimum absolute atomic E-state index is 0. The van der Waals surface area contributed by atoms with Crippen LogP contribution in [0, 0.1) is 11.8 Å². The molecule has 2 atom stereocenters. The van der Waals surface area contributed by atoms with Crippen LogP contribution in [0.4, 0.5) is 5.69 Å². The molecule has 0 aromatic heterocycles. The smallest absolute Gasteiger partial charge is 0.227 e.